The number of carbonyl (C=O) groups is 1. The van der Waals surface area contributed by atoms with E-state index >= 15 is 0 Å². The molecule has 0 amide bonds. The molecule has 5 heteroatoms. The number of rotatable bonds is 4. The molecule has 1 aromatic heterocycles. The highest BCUT2D eigenvalue weighted by Crippen LogP contribution is 2.13. The van der Waals surface area contributed by atoms with E-state index in [0.717, 1.165) is 5.69 Å². The van der Waals surface area contributed by atoms with Crippen LogP contribution in [-0.4, -0.2) is 33.9 Å². The van der Waals surface area contributed by atoms with Crippen LogP contribution in [0.15, 0.2) is 12.4 Å². The lowest BCUT2D eigenvalue weighted by Gasteiger charge is -2.24. The van der Waals surface area contributed by atoms with Gasteiger partial charge in [-0.05, 0) is 13.8 Å². The summed E-state index contributed by atoms with van der Waals surface area (Å²) in [5.41, 5.74) is 0.803. The van der Waals surface area contributed by atoms with Crippen LogP contribution in [0.25, 0.3) is 0 Å². The average molecular weight is 183 g/mol. The van der Waals surface area contributed by atoms with Crippen molar-refractivity contribution < 1.29 is 9.90 Å². The third-order valence-corrected chi connectivity index (χ3v) is 1.74. The van der Waals surface area contributed by atoms with Gasteiger partial charge in [0.05, 0.1) is 11.9 Å². The van der Waals surface area contributed by atoms with Gasteiger partial charge in [0.15, 0.2) is 0 Å². The predicted molar refractivity (Wildman–Crippen MR) is 48.7 cm³/mol. The molecule has 0 fully saturated rings. The lowest BCUT2D eigenvalue weighted by Crippen LogP contribution is -2.35. The molecule has 0 aliphatic carbocycles. The van der Waals surface area contributed by atoms with Crippen LogP contribution in [0.2, 0.25) is 0 Å². The first-order chi connectivity index (χ1) is 6.11. The summed E-state index contributed by atoms with van der Waals surface area (Å²) >= 11 is 0. The van der Waals surface area contributed by atoms with Gasteiger partial charge < -0.3 is 10.0 Å². The summed E-state index contributed by atoms with van der Waals surface area (Å²) in [6.07, 6.45) is 3.30. The van der Waals surface area contributed by atoms with Crippen molar-refractivity contribution >= 4 is 11.7 Å². The molecule has 5 nitrogen and oxygen atoms in total. The van der Waals surface area contributed by atoms with Gasteiger partial charge in [0.1, 0.15) is 6.54 Å². The number of aromatic amines is 1. The predicted octanol–water partition coefficient (Wildman–Crippen LogP) is 0.709. The number of nitrogens with zero attached hydrogens (tertiary/aromatic N) is 2. The first kappa shape index (κ1) is 9.57. The Labute approximate surface area is 76.4 Å². The summed E-state index contributed by atoms with van der Waals surface area (Å²) in [7, 11) is 0. The van der Waals surface area contributed by atoms with E-state index in [2.05, 4.69) is 10.2 Å². The minimum Gasteiger partial charge on any atom is -0.480 e. The molecule has 0 aromatic carbocycles. The van der Waals surface area contributed by atoms with E-state index in [4.69, 9.17) is 5.11 Å². The second-order valence-corrected chi connectivity index (χ2v) is 3.07. The van der Waals surface area contributed by atoms with E-state index in [1.54, 1.807) is 17.3 Å². The zero-order chi connectivity index (χ0) is 9.84. The number of carboxylic acids is 1. The van der Waals surface area contributed by atoms with E-state index < -0.39 is 5.97 Å². The van der Waals surface area contributed by atoms with Crippen molar-refractivity contribution in [1.29, 1.82) is 0 Å². The van der Waals surface area contributed by atoms with Crippen LogP contribution < -0.4 is 4.90 Å². The van der Waals surface area contributed by atoms with Crippen molar-refractivity contribution in [3.05, 3.63) is 12.4 Å². The quantitative estimate of drug-likeness (QED) is 0.721. The van der Waals surface area contributed by atoms with Crippen LogP contribution in [0, 0.1) is 0 Å². The number of nitrogens with one attached hydrogen (secondary N) is 1. The van der Waals surface area contributed by atoms with Crippen molar-refractivity contribution in [2.45, 2.75) is 19.9 Å². The van der Waals surface area contributed by atoms with E-state index in [9.17, 15) is 4.79 Å². The molecule has 1 rings (SSSR count). The Kier molecular flexibility index (Phi) is 2.89. The van der Waals surface area contributed by atoms with Gasteiger partial charge in [-0.25, -0.2) is 0 Å². The second-order valence-electron chi connectivity index (χ2n) is 3.07. The Hall–Kier alpha value is -1.52. The Bertz CT molecular complexity index is 269. The largest absolute Gasteiger partial charge is 0.480 e. The van der Waals surface area contributed by atoms with Gasteiger partial charge in [0.25, 0.3) is 0 Å². The van der Waals surface area contributed by atoms with Crippen LogP contribution >= 0.6 is 0 Å². The van der Waals surface area contributed by atoms with Crippen molar-refractivity contribution in [1.82, 2.24) is 10.2 Å². The molecule has 0 bridgehead atoms. The zero-order valence-corrected chi connectivity index (χ0v) is 7.69. The summed E-state index contributed by atoms with van der Waals surface area (Å²) in [5, 5.41) is 15.1. The summed E-state index contributed by atoms with van der Waals surface area (Å²) < 4.78 is 0. The summed E-state index contributed by atoms with van der Waals surface area (Å²) in [5.74, 6) is -0.838. The maximum atomic E-state index is 10.5. The number of aromatic nitrogens is 2. The minimum atomic E-state index is -0.838. The average Bonchev–Trinajstić information content (AvgIpc) is 2.50. The molecule has 2 N–H and O–H groups in total. The van der Waals surface area contributed by atoms with Crippen molar-refractivity contribution in [3.8, 4) is 0 Å². The lowest BCUT2D eigenvalue weighted by atomic mass is 10.3. The standard InChI is InChI=1S/C8H13N3O2/c1-6(2)11(5-8(12)13)7-3-9-10-4-7/h3-4,6H,5H2,1-2H3,(H,9,10)(H,12,13). The molecule has 0 saturated heterocycles. The van der Waals surface area contributed by atoms with E-state index in [1.165, 1.54) is 0 Å². The molecule has 0 unspecified atom stereocenters. The van der Waals surface area contributed by atoms with Crippen LogP contribution in [0.4, 0.5) is 5.69 Å². The molecule has 13 heavy (non-hydrogen) atoms. The van der Waals surface area contributed by atoms with Gasteiger partial charge in [-0.2, -0.15) is 5.10 Å². The van der Waals surface area contributed by atoms with Crippen molar-refractivity contribution in [2.75, 3.05) is 11.4 Å². The van der Waals surface area contributed by atoms with Gasteiger partial charge in [-0.3, -0.25) is 9.89 Å². The molecule has 0 radical (unpaired) electrons. The van der Waals surface area contributed by atoms with Crippen LogP contribution in [0.3, 0.4) is 0 Å². The third-order valence-electron chi connectivity index (χ3n) is 1.74. The smallest absolute Gasteiger partial charge is 0.323 e. The summed E-state index contributed by atoms with van der Waals surface area (Å²) in [6.45, 7) is 3.88. The molecule has 0 aliphatic rings. The molecular weight excluding hydrogens is 170 g/mol. The Balaban J connectivity index is 2.74. The summed E-state index contributed by atoms with van der Waals surface area (Å²) in [6, 6.07) is 0.147. The first-order valence-corrected chi connectivity index (χ1v) is 4.08. The fraction of sp³-hybridized carbons (Fsp3) is 0.500. The van der Waals surface area contributed by atoms with Crippen molar-refractivity contribution in [3.63, 3.8) is 0 Å². The van der Waals surface area contributed by atoms with E-state index in [-0.39, 0.29) is 12.6 Å². The highest BCUT2D eigenvalue weighted by molar-refractivity contribution is 5.73. The topological polar surface area (TPSA) is 69.2 Å². The molecule has 0 saturated carbocycles. The molecule has 0 spiro atoms. The summed E-state index contributed by atoms with van der Waals surface area (Å²) in [4.78, 5) is 12.3. The van der Waals surface area contributed by atoms with Crippen LogP contribution in [0.1, 0.15) is 13.8 Å². The fourth-order valence-corrected chi connectivity index (χ4v) is 1.12. The molecule has 1 heterocycles. The maximum absolute atomic E-state index is 10.5. The highest BCUT2D eigenvalue weighted by Gasteiger charge is 2.14. The molecule has 72 valence electrons. The fourth-order valence-electron chi connectivity index (χ4n) is 1.12. The van der Waals surface area contributed by atoms with E-state index in [1.807, 2.05) is 13.8 Å². The number of aliphatic carboxylic acids is 1. The number of anilines is 1. The van der Waals surface area contributed by atoms with Gasteiger partial charge in [0.2, 0.25) is 0 Å². The lowest BCUT2D eigenvalue weighted by molar-refractivity contribution is -0.135. The maximum Gasteiger partial charge on any atom is 0.323 e. The molecule has 1 aromatic rings. The van der Waals surface area contributed by atoms with Crippen LogP contribution in [0.5, 0.6) is 0 Å². The van der Waals surface area contributed by atoms with Gasteiger partial charge >= 0.3 is 5.97 Å². The number of H-pyrrole nitrogens is 1. The highest BCUT2D eigenvalue weighted by atomic mass is 16.4. The SMILES string of the molecule is CC(C)N(CC(=O)O)c1cn[nH]c1. The Morgan fingerprint density at radius 3 is 2.85 bits per heavy atom. The molecular formula is C8H13N3O2. The number of hydrogen-bond donors (Lipinski definition) is 2. The van der Waals surface area contributed by atoms with Gasteiger partial charge in [0, 0.05) is 12.2 Å². The number of carboxylic acid groups (broad SMARTS) is 1. The second kappa shape index (κ2) is 3.93. The Morgan fingerprint density at radius 1 is 1.77 bits per heavy atom. The normalized spacial score (nSPS) is 10.4. The first-order valence-electron chi connectivity index (χ1n) is 4.08. The third kappa shape index (κ3) is 2.47. The molecule has 0 atom stereocenters. The van der Waals surface area contributed by atoms with Gasteiger partial charge in [-0.1, -0.05) is 0 Å². The minimum absolute atomic E-state index is 0.00278. The molecule has 0 aliphatic heterocycles. The monoisotopic (exact) mass is 183 g/mol. The zero-order valence-electron chi connectivity index (χ0n) is 7.69. The van der Waals surface area contributed by atoms with Crippen molar-refractivity contribution in [2.24, 2.45) is 0 Å². The Morgan fingerprint density at radius 2 is 2.46 bits per heavy atom. The number of hydrogen-bond acceptors (Lipinski definition) is 3. The van der Waals surface area contributed by atoms with Gasteiger partial charge in [-0.15, -0.1) is 0 Å². The van der Waals surface area contributed by atoms with E-state index in [0.29, 0.717) is 0 Å². The van der Waals surface area contributed by atoms with Crippen LogP contribution in [-0.2, 0) is 4.79 Å².